The molecule has 7 nitrogen and oxygen atoms in total. The predicted octanol–water partition coefficient (Wildman–Crippen LogP) is 3.56. The summed E-state index contributed by atoms with van der Waals surface area (Å²) >= 11 is 0. The minimum absolute atomic E-state index is 0.121. The Morgan fingerprint density at radius 3 is 2.60 bits per heavy atom. The third-order valence-electron chi connectivity index (χ3n) is 5.26. The number of aryl methyl sites for hydroxylation is 1. The molecule has 154 valence electrons. The number of nitrogens with one attached hydrogen (secondary N) is 2. The van der Waals surface area contributed by atoms with Crippen LogP contribution in [0.3, 0.4) is 0 Å². The zero-order valence-electron chi connectivity index (χ0n) is 17.1. The van der Waals surface area contributed by atoms with Gasteiger partial charge < -0.3 is 24.7 Å². The lowest BCUT2D eigenvalue weighted by atomic mass is 9.95. The van der Waals surface area contributed by atoms with Gasteiger partial charge in [0.2, 0.25) is 0 Å². The fourth-order valence-corrected chi connectivity index (χ4v) is 3.75. The molecular formula is C23H23N3O4. The SMILES string of the molecule is COc1ccc(COC(=O)C2=C(C)NC(=O)NC2c2cn(C)c3ccccc23)cc1. The van der Waals surface area contributed by atoms with Crippen molar-refractivity contribution in [3.63, 3.8) is 0 Å². The van der Waals surface area contributed by atoms with E-state index in [2.05, 4.69) is 10.6 Å². The van der Waals surface area contributed by atoms with Gasteiger partial charge >= 0.3 is 12.0 Å². The van der Waals surface area contributed by atoms with Crippen molar-refractivity contribution in [2.75, 3.05) is 7.11 Å². The third kappa shape index (κ3) is 3.61. The van der Waals surface area contributed by atoms with Crippen molar-refractivity contribution in [3.05, 3.63) is 77.1 Å². The van der Waals surface area contributed by atoms with E-state index in [1.54, 1.807) is 14.0 Å². The Balaban J connectivity index is 1.63. The molecule has 0 radical (unpaired) electrons. The van der Waals surface area contributed by atoms with Crippen LogP contribution in [0.5, 0.6) is 5.75 Å². The first-order valence-corrected chi connectivity index (χ1v) is 9.60. The number of aromatic nitrogens is 1. The second-order valence-corrected chi connectivity index (χ2v) is 7.21. The van der Waals surface area contributed by atoms with Crippen LogP contribution >= 0.6 is 0 Å². The number of nitrogens with zero attached hydrogens (tertiary/aromatic N) is 1. The summed E-state index contributed by atoms with van der Waals surface area (Å²) in [5.41, 5.74) is 3.58. The molecule has 3 aromatic rings. The number of carbonyl (C=O) groups is 2. The fraction of sp³-hybridized carbons (Fsp3) is 0.217. The summed E-state index contributed by atoms with van der Waals surface area (Å²) in [4.78, 5) is 25.2. The maximum Gasteiger partial charge on any atom is 0.338 e. The average Bonchev–Trinajstić information content (AvgIpc) is 3.08. The zero-order valence-corrected chi connectivity index (χ0v) is 17.1. The highest BCUT2D eigenvalue weighted by molar-refractivity contribution is 5.97. The normalized spacial score (nSPS) is 16.2. The Kier molecular flexibility index (Phi) is 5.18. The van der Waals surface area contributed by atoms with Crippen LogP contribution in [0.25, 0.3) is 10.9 Å². The maximum atomic E-state index is 13.0. The fourth-order valence-electron chi connectivity index (χ4n) is 3.75. The standard InChI is InChI=1S/C23H23N3O4/c1-14-20(22(27)30-13-15-8-10-16(29-3)11-9-15)21(25-23(28)24-14)18-12-26(2)19-7-5-4-6-17(18)19/h4-12,21H,13H2,1-3H3,(H2,24,25,28). The van der Waals surface area contributed by atoms with E-state index in [0.717, 1.165) is 27.8 Å². The number of esters is 1. The number of hydrogen-bond donors (Lipinski definition) is 2. The number of ether oxygens (including phenoxy) is 2. The van der Waals surface area contributed by atoms with Crippen molar-refractivity contribution in [2.45, 2.75) is 19.6 Å². The Bertz CT molecular complexity index is 1140. The number of benzene rings is 2. The number of amides is 2. The van der Waals surface area contributed by atoms with Crippen molar-refractivity contribution >= 4 is 22.9 Å². The lowest BCUT2D eigenvalue weighted by Gasteiger charge is -2.27. The number of methoxy groups -OCH3 is 1. The van der Waals surface area contributed by atoms with E-state index in [1.165, 1.54) is 0 Å². The van der Waals surface area contributed by atoms with Crippen molar-refractivity contribution in [1.29, 1.82) is 0 Å². The van der Waals surface area contributed by atoms with E-state index in [0.29, 0.717) is 11.3 Å². The Morgan fingerprint density at radius 1 is 1.13 bits per heavy atom. The average molecular weight is 405 g/mol. The maximum absolute atomic E-state index is 13.0. The molecule has 1 aliphatic rings. The van der Waals surface area contributed by atoms with Crippen LogP contribution in [0.4, 0.5) is 4.79 Å². The summed E-state index contributed by atoms with van der Waals surface area (Å²) in [6.45, 7) is 1.83. The van der Waals surface area contributed by atoms with Gasteiger partial charge in [-0.3, -0.25) is 0 Å². The molecule has 2 N–H and O–H groups in total. The molecule has 0 saturated heterocycles. The van der Waals surface area contributed by atoms with E-state index in [9.17, 15) is 9.59 Å². The molecule has 0 aliphatic carbocycles. The molecular weight excluding hydrogens is 382 g/mol. The molecule has 30 heavy (non-hydrogen) atoms. The number of allylic oxidation sites excluding steroid dienone is 1. The van der Waals surface area contributed by atoms with Crippen molar-refractivity contribution in [2.24, 2.45) is 7.05 Å². The van der Waals surface area contributed by atoms with Crippen molar-refractivity contribution in [1.82, 2.24) is 15.2 Å². The quantitative estimate of drug-likeness (QED) is 0.636. The van der Waals surface area contributed by atoms with Gasteiger partial charge in [-0.2, -0.15) is 0 Å². The van der Waals surface area contributed by atoms with Gasteiger partial charge in [-0.15, -0.1) is 0 Å². The minimum Gasteiger partial charge on any atom is -0.497 e. The lowest BCUT2D eigenvalue weighted by Crippen LogP contribution is -2.45. The number of para-hydroxylation sites is 1. The zero-order chi connectivity index (χ0) is 21.3. The van der Waals surface area contributed by atoms with Gasteiger partial charge in [-0.25, -0.2) is 9.59 Å². The van der Waals surface area contributed by atoms with Crippen LogP contribution < -0.4 is 15.4 Å². The molecule has 1 aliphatic heterocycles. The van der Waals surface area contributed by atoms with Gasteiger partial charge in [0, 0.05) is 35.4 Å². The van der Waals surface area contributed by atoms with Gasteiger partial charge in [0.15, 0.2) is 0 Å². The van der Waals surface area contributed by atoms with Gasteiger partial charge in [-0.05, 0) is 30.7 Å². The summed E-state index contributed by atoms with van der Waals surface area (Å²) in [6.07, 6.45) is 1.94. The Morgan fingerprint density at radius 2 is 1.87 bits per heavy atom. The first kappa shape index (κ1) is 19.6. The van der Waals surface area contributed by atoms with Crippen LogP contribution in [-0.2, 0) is 23.2 Å². The molecule has 2 heterocycles. The summed E-state index contributed by atoms with van der Waals surface area (Å²) in [5.74, 6) is 0.257. The third-order valence-corrected chi connectivity index (χ3v) is 5.26. The van der Waals surface area contributed by atoms with Crippen LogP contribution in [0.1, 0.15) is 24.1 Å². The molecule has 1 atom stereocenters. The molecule has 0 fully saturated rings. The molecule has 7 heteroatoms. The van der Waals surface area contributed by atoms with Crippen LogP contribution in [0.15, 0.2) is 66.0 Å². The van der Waals surface area contributed by atoms with Gasteiger partial charge in [0.1, 0.15) is 12.4 Å². The van der Waals surface area contributed by atoms with Crippen LogP contribution in [0.2, 0.25) is 0 Å². The molecule has 2 aromatic carbocycles. The second-order valence-electron chi connectivity index (χ2n) is 7.21. The van der Waals surface area contributed by atoms with Crippen molar-refractivity contribution in [3.8, 4) is 5.75 Å². The highest BCUT2D eigenvalue weighted by atomic mass is 16.5. The molecule has 0 bridgehead atoms. The number of urea groups is 1. The first-order chi connectivity index (χ1) is 14.5. The van der Waals surface area contributed by atoms with Gasteiger partial charge in [0.05, 0.1) is 18.7 Å². The van der Waals surface area contributed by atoms with E-state index in [1.807, 2.05) is 66.3 Å². The number of hydrogen-bond acceptors (Lipinski definition) is 4. The molecule has 2 amide bonds. The number of fused-ring (bicyclic) bond motifs is 1. The summed E-state index contributed by atoms with van der Waals surface area (Å²) in [7, 11) is 3.54. The topological polar surface area (TPSA) is 81.6 Å². The second kappa shape index (κ2) is 7.94. The first-order valence-electron chi connectivity index (χ1n) is 9.60. The Labute approximate surface area is 174 Å². The van der Waals surface area contributed by atoms with Crippen LogP contribution in [-0.4, -0.2) is 23.7 Å². The molecule has 1 unspecified atom stereocenters. The Hall–Kier alpha value is -3.74. The monoisotopic (exact) mass is 405 g/mol. The summed E-state index contributed by atoms with van der Waals surface area (Å²) in [5, 5.41) is 6.53. The highest BCUT2D eigenvalue weighted by Crippen LogP contribution is 2.33. The molecule has 1 aromatic heterocycles. The summed E-state index contributed by atoms with van der Waals surface area (Å²) in [6, 6.07) is 14.2. The van der Waals surface area contributed by atoms with Gasteiger partial charge in [0.25, 0.3) is 0 Å². The highest BCUT2D eigenvalue weighted by Gasteiger charge is 2.34. The minimum atomic E-state index is -0.604. The molecule has 4 rings (SSSR count). The van der Waals surface area contributed by atoms with Crippen LogP contribution in [0, 0.1) is 0 Å². The predicted molar refractivity (Wildman–Crippen MR) is 113 cm³/mol. The van der Waals surface area contributed by atoms with Gasteiger partial charge in [-0.1, -0.05) is 30.3 Å². The van der Waals surface area contributed by atoms with E-state index < -0.39 is 12.0 Å². The van der Waals surface area contributed by atoms with Crippen molar-refractivity contribution < 1.29 is 19.1 Å². The van der Waals surface area contributed by atoms with E-state index in [-0.39, 0.29) is 12.6 Å². The smallest absolute Gasteiger partial charge is 0.338 e. The largest absolute Gasteiger partial charge is 0.497 e. The lowest BCUT2D eigenvalue weighted by molar-refractivity contribution is -0.140. The van der Waals surface area contributed by atoms with E-state index in [4.69, 9.17) is 9.47 Å². The summed E-state index contributed by atoms with van der Waals surface area (Å²) < 4.78 is 12.7. The van der Waals surface area contributed by atoms with E-state index >= 15 is 0 Å². The molecule has 0 spiro atoms. The number of rotatable bonds is 5. The number of carbonyl (C=O) groups excluding carboxylic acids is 2. The molecule has 0 saturated carbocycles.